The second kappa shape index (κ2) is 6.83. The van der Waals surface area contributed by atoms with E-state index in [2.05, 4.69) is 27.5 Å². The van der Waals surface area contributed by atoms with Gasteiger partial charge < -0.3 is 10.2 Å². The van der Waals surface area contributed by atoms with E-state index in [0.29, 0.717) is 18.1 Å². The second-order valence-electron chi connectivity index (χ2n) is 4.91. The molecule has 0 saturated carbocycles. The van der Waals surface area contributed by atoms with E-state index >= 15 is 0 Å². The van der Waals surface area contributed by atoms with E-state index in [1.807, 2.05) is 13.2 Å². The summed E-state index contributed by atoms with van der Waals surface area (Å²) in [7, 11) is 3.58. The number of aromatic nitrogens is 4. The number of nitrogens with one attached hydrogen (secondary N) is 1. The molecule has 0 aromatic carbocycles. The number of anilines is 1. The maximum absolute atomic E-state index is 12.3. The minimum Gasteiger partial charge on any atom is -0.369 e. The molecular weight excluding hydrogens is 268 g/mol. The summed E-state index contributed by atoms with van der Waals surface area (Å²) in [5, 5.41) is 15.2. The normalized spacial score (nSPS) is 10.4. The van der Waals surface area contributed by atoms with E-state index in [1.165, 1.54) is 0 Å². The molecule has 2 heterocycles. The molecule has 1 amide bonds. The van der Waals surface area contributed by atoms with Crippen LogP contribution in [0.3, 0.4) is 0 Å². The van der Waals surface area contributed by atoms with Gasteiger partial charge in [0.05, 0.1) is 6.20 Å². The van der Waals surface area contributed by atoms with Crippen LogP contribution in [-0.2, 0) is 13.6 Å². The molecule has 0 aliphatic heterocycles. The Labute approximate surface area is 124 Å². The average molecular weight is 288 g/mol. The van der Waals surface area contributed by atoms with Crippen molar-refractivity contribution < 1.29 is 4.79 Å². The number of aryl methyl sites for hydroxylation is 1. The van der Waals surface area contributed by atoms with Crippen LogP contribution in [0.25, 0.3) is 0 Å². The van der Waals surface area contributed by atoms with Gasteiger partial charge in [0.25, 0.3) is 5.91 Å². The summed E-state index contributed by atoms with van der Waals surface area (Å²) in [6, 6.07) is 3.46. The van der Waals surface area contributed by atoms with Crippen LogP contribution in [0.15, 0.2) is 24.5 Å². The Morgan fingerprint density at radius 3 is 2.76 bits per heavy atom. The molecule has 0 fully saturated rings. The molecule has 7 heteroatoms. The van der Waals surface area contributed by atoms with Crippen LogP contribution in [0.5, 0.6) is 0 Å². The van der Waals surface area contributed by atoms with Gasteiger partial charge in [0.15, 0.2) is 5.69 Å². The zero-order chi connectivity index (χ0) is 15.2. The number of hydrogen-bond acceptors (Lipinski definition) is 5. The first-order valence-electron chi connectivity index (χ1n) is 6.90. The van der Waals surface area contributed by atoms with E-state index in [4.69, 9.17) is 0 Å². The van der Waals surface area contributed by atoms with Crippen LogP contribution in [0, 0.1) is 0 Å². The van der Waals surface area contributed by atoms with Gasteiger partial charge in [0.2, 0.25) is 0 Å². The fraction of sp³-hybridized carbons (Fsp3) is 0.429. The summed E-state index contributed by atoms with van der Waals surface area (Å²) in [6.45, 7) is 3.40. The zero-order valence-corrected chi connectivity index (χ0v) is 12.6. The van der Waals surface area contributed by atoms with Crippen molar-refractivity contribution in [1.29, 1.82) is 0 Å². The van der Waals surface area contributed by atoms with Crippen molar-refractivity contribution >= 4 is 11.7 Å². The standard InChI is InChI=1S/C14H20N6O/c1-4-7-15-13-6-5-12(17-18-13)14(21)19(2)9-11-8-16-20(3)10-11/h5-6,8,10H,4,7,9H2,1-3H3,(H,15,18). The molecular formula is C14H20N6O. The molecule has 2 aromatic heterocycles. The summed E-state index contributed by atoms with van der Waals surface area (Å²) < 4.78 is 1.71. The third-order valence-electron chi connectivity index (χ3n) is 2.96. The molecule has 2 rings (SSSR count). The van der Waals surface area contributed by atoms with Gasteiger partial charge in [-0.05, 0) is 18.6 Å². The highest BCUT2D eigenvalue weighted by Gasteiger charge is 2.14. The molecule has 1 N–H and O–H groups in total. The van der Waals surface area contributed by atoms with Gasteiger partial charge in [0.1, 0.15) is 5.82 Å². The summed E-state index contributed by atoms with van der Waals surface area (Å²) in [6.07, 6.45) is 4.64. The maximum atomic E-state index is 12.3. The molecule has 7 nitrogen and oxygen atoms in total. The number of hydrogen-bond donors (Lipinski definition) is 1. The topological polar surface area (TPSA) is 75.9 Å². The molecule has 0 unspecified atom stereocenters. The number of nitrogens with zero attached hydrogens (tertiary/aromatic N) is 5. The fourth-order valence-electron chi connectivity index (χ4n) is 1.89. The Kier molecular flexibility index (Phi) is 4.86. The van der Waals surface area contributed by atoms with Gasteiger partial charge in [0, 0.05) is 38.9 Å². The van der Waals surface area contributed by atoms with Crippen LogP contribution in [0.1, 0.15) is 29.4 Å². The summed E-state index contributed by atoms with van der Waals surface area (Å²) in [5.41, 5.74) is 1.31. The lowest BCUT2D eigenvalue weighted by molar-refractivity contribution is 0.0778. The van der Waals surface area contributed by atoms with Gasteiger partial charge in [-0.2, -0.15) is 5.10 Å². The molecule has 0 saturated heterocycles. The van der Waals surface area contributed by atoms with Gasteiger partial charge in [-0.25, -0.2) is 0 Å². The van der Waals surface area contributed by atoms with Crippen molar-refractivity contribution in [3.8, 4) is 0 Å². The summed E-state index contributed by atoms with van der Waals surface area (Å²) in [4.78, 5) is 13.9. The van der Waals surface area contributed by atoms with E-state index in [1.54, 1.807) is 35.0 Å². The molecule has 0 radical (unpaired) electrons. The smallest absolute Gasteiger partial charge is 0.274 e. The Bertz CT molecular complexity index is 592. The first-order chi connectivity index (χ1) is 10.1. The number of rotatable bonds is 6. The second-order valence-corrected chi connectivity index (χ2v) is 4.91. The molecule has 0 aliphatic carbocycles. The highest BCUT2D eigenvalue weighted by Crippen LogP contribution is 2.07. The van der Waals surface area contributed by atoms with Crippen LogP contribution in [0.4, 0.5) is 5.82 Å². The Morgan fingerprint density at radius 2 is 2.19 bits per heavy atom. The quantitative estimate of drug-likeness (QED) is 0.867. The zero-order valence-electron chi connectivity index (χ0n) is 12.6. The highest BCUT2D eigenvalue weighted by atomic mass is 16.2. The summed E-state index contributed by atoms with van der Waals surface area (Å²) >= 11 is 0. The molecule has 0 spiro atoms. The van der Waals surface area contributed by atoms with E-state index in [-0.39, 0.29) is 5.91 Å². The maximum Gasteiger partial charge on any atom is 0.274 e. The Balaban J connectivity index is 1.98. The van der Waals surface area contributed by atoms with Crippen molar-refractivity contribution in [2.75, 3.05) is 18.9 Å². The van der Waals surface area contributed by atoms with E-state index < -0.39 is 0 Å². The van der Waals surface area contributed by atoms with Gasteiger partial charge in [-0.1, -0.05) is 6.92 Å². The largest absolute Gasteiger partial charge is 0.369 e. The highest BCUT2D eigenvalue weighted by molar-refractivity contribution is 5.92. The lowest BCUT2D eigenvalue weighted by atomic mass is 10.3. The lowest BCUT2D eigenvalue weighted by Crippen LogP contribution is -2.27. The average Bonchev–Trinajstić information content (AvgIpc) is 2.90. The molecule has 112 valence electrons. The van der Waals surface area contributed by atoms with Crippen molar-refractivity contribution in [1.82, 2.24) is 24.9 Å². The SMILES string of the molecule is CCCNc1ccc(C(=O)N(C)Cc2cnn(C)c2)nn1. The number of amides is 1. The molecule has 0 atom stereocenters. The van der Waals surface area contributed by atoms with Crippen LogP contribution >= 0.6 is 0 Å². The van der Waals surface area contributed by atoms with Gasteiger partial charge in [-0.3, -0.25) is 9.48 Å². The van der Waals surface area contributed by atoms with Crippen LogP contribution < -0.4 is 5.32 Å². The summed E-state index contributed by atoms with van der Waals surface area (Å²) in [5.74, 6) is 0.525. The Hall–Kier alpha value is -2.44. The van der Waals surface area contributed by atoms with Crippen LogP contribution in [0.2, 0.25) is 0 Å². The number of carbonyl (C=O) groups excluding carboxylic acids is 1. The predicted molar refractivity (Wildman–Crippen MR) is 79.8 cm³/mol. The Morgan fingerprint density at radius 1 is 1.38 bits per heavy atom. The lowest BCUT2D eigenvalue weighted by Gasteiger charge is -2.15. The van der Waals surface area contributed by atoms with E-state index in [9.17, 15) is 4.79 Å². The van der Waals surface area contributed by atoms with Crippen molar-refractivity contribution in [3.05, 3.63) is 35.8 Å². The van der Waals surface area contributed by atoms with Gasteiger partial charge in [-0.15, -0.1) is 10.2 Å². The number of carbonyl (C=O) groups is 1. The monoisotopic (exact) mass is 288 g/mol. The molecule has 2 aromatic rings. The predicted octanol–water partition coefficient (Wildman–Crippen LogP) is 1.30. The molecule has 0 bridgehead atoms. The molecule has 0 aliphatic rings. The van der Waals surface area contributed by atoms with Crippen LogP contribution in [-0.4, -0.2) is 44.4 Å². The molecule has 21 heavy (non-hydrogen) atoms. The van der Waals surface area contributed by atoms with Crippen molar-refractivity contribution in [2.24, 2.45) is 7.05 Å². The minimum absolute atomic E-state index is 0.159. The third kappa shape index (κ3) is 4.01. The first-order valence-corrected chi connectivity index (χ1v) is 6.90. The third-order valence-corrected chi connectivity index (χ3v) is 2.96. The minimum atomic E-state index is -0.159. The van der Waals surface area contributed by atoms with Crippen molar-refractivity contribution in [2.45, 2.75) is 19.9 Å². The van der Waals surface area contributed by atoms with Crippen molar-refractivity contribution in [3.63, 3.8) is 0 Å². The fourth-order valence-corrected chi connectivity index (χ4v) is 1.89. The van der Waals surface area contributed by atoms with E-state index in [0.717, 1.165) is 18.5 Å². The first kappa shape index (κ1) is 15.0. The van der Waals surface area contributed by atoms with Gasteiger partial charge >= 0.3 is 0 Å².